The minimum Gasteiger partial charge on any atom is -0.327 e. The van der Waals surface area contributed by atoms with Gasteiger partial charge in [0.2, 0.25) is 5.52 Å². The molecular weight excluding hydrogens is 344 g/mol. The summed E-state index contributed by atoms with van der Waals surface area (Å²) in [5, 5.41) is 2.40. The Labute approximate surface area is 164 Å². The lowest BCUT2D eigenvalue weighted by Crippen LogP contribution is -2.28. The fourth-order valence-corrected chi connectivity index (χ4v) is 4.42. The van der Waals surface area contributed by atoms with E-state index in [0.717, 1.165) is 27.8 Å². The van der Waals surface area contributed by atoms with Crippen LogP contribution in [0.15, 0.2) is 48.8 Å². The van der Waals surface area contributed by atoms with E-state index in [2.05, 4.69) is 85.5 Å². The van der Waals surface area contributed by atoms with Crippen molar-refractivity contribution in [1.29, 1.82) is 0 Å². The van der Waals surface area contributed by atoms with Crippen LogP contribution in [-0.2, 0) is 14.1 Å². The summed E-state index contributed by atoms with van der Waals surface area (Å²) in [7, 11) is 4.19. The normalized spacial score (nSPS) is 11.8. The molecule has 5 rings (SSSR count). The van der Waals surface area contributed by atoms with Crippen molar-refractivity contribution in [3.63, 3.8) is 0 Å². The summed E-state index contributed by atoms with van der Waals surface area (Å²) in [6.07, 6.45) is 4.05. The number of aryl methyl sites for hydroxylation is 5. The topological polar surface area (TPSA) is 34.6 Å². The molecule has 0 fully saturated rings. The molecule has 138 valence electrons. The largest absolute Gasteiger partial charge is 0.327 e. The molecule has 0 aliphatic carbocycles. The molecule has 28 heavy (non-hydrogen) atoms. The van der Waals surface area contributed by atoms with E-state index < -0.39 is 0 Å². The summed E-state index contributed by atoms with van der Waals surface area (Å²) >= 11 is 0. The maximum atomic E-state index is 5.03. The van der Waals surface area contributed by atoms with E-state index in [1.165, 1.54) is 33.2 Å². The van der Waals surface area contributed by atoms with Crippen LogP contribution in [0.2, 0.25) is 0 Å². The molecule has 3 heterocycles. The highest BCUT2D eigenvalue weighted by Gasteiger charge is 2.19. The molecule has 0 aliphatic rings. The predicted octanol–water partition coefficient (Wildman–Crippen LogP) is 4.69. The molecule has 3 aromatic heterocycles. The van der Waals surface area contributed by atoms with E-state index in [1.807, 2.05) is 12.3 Å². The number of benzene rings is 2. The Hall–Kier alpha value is -3.27. The van der Waals surface area contributed by atoms with Gasteiger partial charge >= 0.3 is 0 Å². The lowest BCUT2D eigenvalue weighted by atomic mass is 9.99. The fraction of sp³-hybridized carbons (Fsp3) is 0.208. The third kappa shape index (κ3) is 2.27. The van der Waals surface area contributed by atoms with E-state index in [9.17, 15) is 0 Å². The van der Waals surface area contributed by atoms with Crippen molar-refractivity contribution in [3.05, 3.63) is 65.5 Å². The molecular formula is C24H23N4+. The van der Waals surface area contributed by atoms with Crippen LogP contribution in [0.25, 0.3) is 44.2 Å². The van der Waals surface area contributed by atoms with Crippen LogP contribution >= 0.6 is 0 Å². The van der Waals surface area contributed by atoms with Gasteiger partial charge in [-0.15, -0.1) is 0 Å². The van der Waals surface area contributed by atoms with Crippen LogP contribution in [0, 0.1) is 20.8 Å². The van der Waals surface area contributed by atoms with Crippen LogP contribution in [0.5, 0.6) is 0 Å². The van der Waals surface area contributed by atoms with Crippen molar-refractivity contribution in [2.45, 2.75) is 20.8 Å². The summed E-state index contributed by atoms with van der Waals surface area (Å²) in [6.45, 7) is 6.47. The van der Waals surface area contributed by atoms with Crippen LogP contribution in [0.4, 0.5) is 0 Å². The van der Waals surface area contributed by atoms with Crippen LogP contribution in [-0.4, -0.2) is 14.5 Å². The second-order valence-corrected chi connectivity index (χ2v) is 7.76. The summed E-state index contributed by atoms with van der Waals surface area (Å²) in [5.74, 6) is 1.01. The van der Waals surface area contributed by atoms with Crippen molar-refractivity contribution >= 4 is 32.8 Å². The van der Waals surface area contributed by atoms with E-state index in [-0.39, 0.29) is 0 Å². The van der Waals surface area contributed by atoms with Crippen molar-refractivity contribution in [3.8, 4) is 11.4 Å². The Bertz CT molecular complexity index is 1410. The standard InChI is InChI=1S/C24H23N4/c1-14-11-15(2)22-20(12-14)28(5)24(26-22)18-9-8-17-13-25-19-7-6-10-27(4)23(19)21(17)16(18)3/h6-13H,1-5H3/q+1. The smallest absolute Gasteiger partial charge is 0.239 e. The molecule has 4 nitrogen and oxygen atoms in total. The highest BCUT2D eigenvalue weighted by atomic mass is 15.1. The van der Waals surface area contributed by atoms with Crippen LogP contribution in [0.1, 0.15) is 16.7 Å². The molecule has 0 saturated heterocycles. The molecule has 0 atom stereocenters. The first-order valence-corrected chi connectivity index (χ1v) is 9.56. The van der Waals surface area contributed by atoms with Gasteiger partial charge in [-0.1, -0.05) is 18.2 Å². The molecule has 0 spiro atoms. The number of aromatic nitrogens is 4. The highest BCUT2D eigenvalue weighted by Crippen LogP contribution is 2.34. The van der Waals surface area contributed by atoms with Gasteiger partial charge in [-0.25, -0.2) is 9.97 Å². The van der Waals surface area contributed by atoms with E-state index in [1.54, 1.807) is 0 Å². The Morgan fingerprint density at radius 2 is 1.86 bits per heavy atom. The second-order valence-electron chi connectivity index (χ2n) is 7.76. The zero-order chi connectivity index (χ0) is 19.6. The van der Waals surface area contributed by atoms with Gasteiger partial charge in [0.15, 0.2) is 6.20 Å². The molecule has 0 saturated carbocycles. The second kappa shape index (κ2) is 5.86. The van der Waals surface area contributed by atoms with Gasteiger partial charge in [0, 0.05) is 30.3 Å². The third-order valence-electron chi connectivity index (χ3n) is 5.80. The molecule has 2 aromatic carbocycles. The summed E-state index contributed by atoms with van der Waals surface area (Å²) in [4.78, 5) is 9.68. The van der Waals surface area contributed by atoms with Crippen LogP contribution < -0.4 is 4.57 Å². The number of nitrogens with zero attached hydrogens (tertiary/aromatic N) is 4. The molecule has 0 bridgehead atoms. The monoisotopic (exact) mass is 367 g/mol. The summed E-state index contributed by atoms with van der Waals surface area (Å²) in [6, 6.07) is 12.9. The van der Waals surface area contributed by atoms with Gasteiger partial charge in [0.25, 0.3) is 0 Å². The zero-order valence-electron chi connectivity index (χ0n) is 16.9. The first kappa shape index (κ1) is 16.9. The van der Waals surface area contributed by atoms with E-state index in [0.29, 0.717) is 0 Å². The van der Waals surface area contributed by atoms with Gasteiger partial charge in [0.1, 0.15) is 18.4 Å². The SMILES string of the molecule is Cc1cc(C)c2nc(-c3ccc4cnc5ccc[n+](C)c5c4c3C)n(C)c2c1. The molecule has 0 radical (unpaired) electrons. The lowest BCUT2D eigenvalue weighted by molar-refractivity contribution is -0.644. The third-order valence-corrected chi connectivity index (χ3v) is 5.80. The molecule has 4 heteroatoms. The van der Waals surface area contributed by atoms with Crippen molar-refractivity contribution in [1.82, 2.24) is 14.5 Å². The Morgan fingerprint density at radius 1 is 1.04 bits per heavy atom. The van der Waals surface area contributed by atoms with E-state index in [4.69, 9.17) is 4.98 Å². The zero-order valence-corrected chi connectivity index (χ0v) is 16.9. The van der Waals surface area contributed by atoms with Crippen molar-refractivity contribution in [2.24, 2.45) is 14.1 Å². The van der Waals surface area contributed by atoms with Gasteiger partial charge in [0.05, 0.1) is 16.4 Å². The molecule has 5 aromatic rings. The molecule has 0 unspecified atom stereocenters. The van der Waals surface area contributed by atoms with Crippen LogP contribution in [0.3, 0.4) is 0 Å². The Kier molecular flexibility index (Phi) is 3.53. The first-order valence-electron chi connectivity index (χ1n) is 9.56. The first-order chi connectivity index (χ1) is 13.5. The van der Waals surface area contributed by atoms with E-state index >= 15 is 0 Å². The number of rotatable bonds is 1. The van der Waals surface area contributed by atoms with Crippen molar-refractivity contribution < 1.29 is 4.57 Å². The maximum absolute atomic E-state index is 5.03. The Morgan fingerprint density at radius 3 is 2.68 bits per heavy atom. The highest BCUT2D eigenvalue weighted by molar-refractivity contribution is 6.05. The minimum absolute atomic E-state index is 1.01. The average molecular weight is 367 g/mol. The molecule has 0 aliphatic heterocycles. The average Bonchev–Trinajstić information content (AvgIpc) is 2.99. The number of hydrogen-bond donors (Lipinski definition) is 0. The summed E-state index contributed by atoms with van der Waals surface area (Å²) in [5.41, 5.74) is 9.30. The van der Waals surface area contributed by atoms with Gasteiger partial charge in [-0.3, -0.25) is 0 Å². The van der Waals surface area contributed by atoms with Gasteiger partial charge in [-0.05, 0) is 49.6 Å². The Balaban J connectivity index is 1.89. The quantitative estimate of drug-likeness (QED) is 0.318. The van der Waals surface area contributed by atoms with Gasteiger partial charge in [-0.2, -0.15) is 4.57 Å². The van der Waals surface area contributed by atoms with Crippen molar-refractivity contribution in [2.75, 3.05) is 0 Å². The molecule has 0 amide bonds. The fourth-order valence-electron chi connectivity index (χ4n) is 4.42. The van der Waals surface area contributed by atoms with Gasteiger partial charge < -0.3 is 4.57 Å². The number of imidazole rings is 1. The molecule has 0 N–H and O–H groups in total. The summed E-state index contributed by atoms with van der Waals surface area (Å²) < 4.78 is 4.37. The maximum Gasteiger partial charge on any atom is 0.239 e. The number of pyridine rings is 2. The minimum atomic E-state index is 1.01. The lowest BCUT2D eigenvalue weighted by Gasteiger charge is -2.10. The number of hydrogen-bond acceptors (Lipinski definition) is 2. The predicted molar refractivity (Wildman–Crippen MR) is 114 cm³/mol. The number of fused-ring (bicyclic) bond motifs is 4.